The molecular weight excluding hydrogens is 473 g/mol. The molecule has 1 aliphatic rings. The lowest BCUT2D eigenvalue weighted by atomic mass is 9.97. The van der Waals surface area contributed by atoms with Gasteiger partial charge in [-0.05, 0) is 68.3 Å². The van der Waals surface area contributed by atoms with Crippen LogP contribution in [0.2, 0.25) is 5.02 Å². The van der Waals surface area contributed by atoms with Gasteiger partial charge < -0.3 is 5.32 Å². The molecule has 3 aromatic rings. The second kappa shape index (κ2) is 9.27. The van der Waals surface area contributed by atoms with Crippen molar-refractivity contribution in [2.24, 2.45) is 5.92 Å². The minimum absolute atomic E-state index is 0.173. The molecule has 1 aliphatic heterocycles. The number of carbonyl (C=O) groups excluding carboxylic acids is 1. The second-order valence-electron chi connectivity index (χ2n) is 7.55. The number of hydrogen-bond donors (Lipinski definition) is 1. The Morgan fingerprint density at radius 1 is 1.12 bits per heavy atom. The van der Waals surface area contributed by atoms with E-state index in [1.54, 1.807) is 24.3 Å². The number of hydrogen-bond acceptors (Lipinski definition) is 5. The maximum absolute atomic E-state index is 13.2. The smallest absolute Gasteiger partial charge is 0.243 e. The minimum Gasteiger partial charge on any atom is -0.302 e. The molecule has 168 valence electrons. The van der Waals surface area contributed by atoms with Crippen LogP contribution in [0.15, 0.2) is 53.4 Å². The van der Waals surface area contributed by atoms with Gasteiger partial charge >= 0.3 is 0 Å². The largest absolute Gasteiger partial charge is 0.302 e. The van der Waals surface area contributed by atoms with Crippen molar-refractivity contribution in [2.75, 3.05) is 18.4 Å². The van der Waals surface area contributed by atoms with E-state index >= 15 is 0 Å². The van der Waals surface area contributed by atoms with Crippen LogP contribution >= 0.6 is 22.9 Å². The highest BCUT2D eigenvalue weighted by atomic mass is 35.5. The molecule has 2 heterocycles. The summed E-state index contributed by atoms with van der Waals surface area (Å²) in [5.74, 6) is -0.794. The summed E-state index contributed by atoms with van der Waals surface area (Å²) in [5, 5.41) is 3.80. The van der Waals surface area contributed by atoms with E-state index in [1.165, 1.54) is 39.9 Å². The van der Waals surface area contributed by atoms with Crippen LogP contribution in [0.1, 0.15) is 17.7 Å². The van der Waals surface area contributed by atoms with E-state index in [4.69, 9.17) is 11.6 Å². The van der Waals surface area contributed by atoms with Gasteiger partial charge in [0.25, 0.3) is 0 Å². The highest BCUT2D eigenvalue weighted by Gasteiger charge is 2.32. The third-order valence-electron chi connectivity index (χ3n) is 5.42. The lowest BCUT2D eigenvalue weighted by Crippen LogP contribution is -2.41. The third kappa shape index (κ3) is 4.85. The zero-order chi connectivity index (χ0) is 22.9. The van der Waals surface area contributed by atoms with Crippen LogP contribution in [0.5, 0.6) is 0 Å². The third-order valence-corrected chi connectivity index (χ3v) is 8.47. The van der Waals surface area contributed by atoms with Crippen LogP contribution < -0.4 is 5.32 Å². The molecule has 0 bridgehead atoms. The van der Waals surface area contributed by atoms with Crippen LogP contribution in [-0.4, -0.2) is 36.7 Å². The number of aryl methyl sites for hydroxylation is 1. The molecule has 2 aromatic carbocycles. The number of rotatable bonds is 5. The van der Waals surface area contributed by atoms with Crippen molar-refractivity contribution in [2.45, 2.75) is 24.7 Å². The first-order valence-corrected chi connectivity index (χ1v) is 12.7. The van der Waals surface area contributed by atoms with Crippen molar-refractivity contribution < 1.29 is 17.6 Å². The van der Waals surface area contributed by atoms with E-state index in [0.29, 0.717) is 28.7 Å². The van der Waals surface area contributed by atoms with E-state index < -0.39 is 10.0 Å². The van der Waals surface area contributed by atoms with Gasteiger partial charge in [-0.3, -0.25) is 4.79 Å². The number of halogens is 2. The summed E-state index contributed by atoms with van der Waals surface area (Å²) in [4.78, 5) is 18.4. The predicted octanol–water partition coefficient (Wildman–Crippen LogP) is 4.95. The van der Waals surface area contributed by atoms with Crippen LogP contribution in [0.4, 0.5) is 9.52 Å². The Labute approximate surface area is 195 Å². The molecular formula is C22H21ClFN3O3S2. The van der Waals surface area contributed by atoms with Gasteiger partial charge in [0.1, 0.15) is 5.82 Å². The fourth-order valence-corrected chi connectivity index (χ4v) is 6.08. The maximum Gasteiger partial charge on any atom is 0.243 e. The fraction of sp³-hybridized carbons (Fsp3) is 0.273. The van der Waals surface area contributed by atoms with Crippen LogP contribution in [0.25, 0.3) is 11.3 Å². The molecule has 32 heavy (non-hydrogen) atoms. The van der Waals surface area contributed by atoms with Gasteiger partial charge in [0.2, 0.25) is 15.9 Å². The van der Waals surface area contributed by atoms with Gasteiger partial charge in [-0.15, -0.1) is 11.3 Å². The van der Waals surface area contributed by atoms with Gasteiger partial charge in [0, 0.05) is 34.5 Å². The predicted molar refractivity (Wildman–Crippen MR) is 124 cm³/mol. The highest BCUT2D eigenvalue weighted by Crippen LogP contribution is 2.31. The Kier molecular flexibility index (Phi) is 6.62. The average molecular weight is 494 g/mol. The molecule has 1 saturated heterocycles. The number of aromatic nitrogens is 1. The summed E-state index contributed by atoms with van der Waals surface area (Å²) in [5.41, 5.74) is 1.48. The summed E-state index contributed by atoms with van der Waals surface area (Å²) in [6, 6.07) is 12.1. The molecule has 1 amide bonds. The quantitative estimate of drug-likeness (QED) is 0.545. The molecule has 10 heteroatoms. The topological polar surface area (TPSA) is 79.4 Å². The number of anilines is 1. The van der Waals surface area contributed by atoms with E-state index in [-0.39, 0.29) is 35.6 Å². The SMILES string of the molecule is Cc1sc(NC(=O)C2CCN(S(=O)(=O)c3ccc(Cl)cc3)CC2)nc1-c1ccc(F)cc1. The van der Waals surface area contributed by atoms with Crippen LogP contribution in [0.3, 0.4) is 0 Å². The second-order valence-corrected chi connectivity index (χ2v) is 11.1. The van der Waals surface area contributed by atoms with E-state index in [2.05, 4.69) is 10.3 Å². The number of benzene rings is 2. The van der Waals surface area contributed by atoms with Crippen molar-refractivity contribution >= 4 is 44.0 Å². The maximum atomic E-state index is 13.2. The first-order valence-electron chi connectivity index (χ1n) is 10.0. The standard InChI is InChI=1S/C22H21ClFN3O3S2/c1-14-20(15-2-6-18(24)7-3-15)25-22(31-14)26-21(28)16-10-12-27(13-11-16)32(29,30)19-8-4-17(23)5-9-19/h2-9,16H,10-13H2,1H3,(H,25,26,28). The number of thiazole rings is 1. The van der Waals surface area contributed by atoms with Gasteiger partial charge in [-0.2, -0.15) is 4.31 Å². The van der Waals surface area contributed by atoms with Crippen molar-refractivity contribution in [1.82, 2.24) is 9.29 Å². The van der Waals surface area contributed by atoms with Crippen LogP contribution in [-0.2, 0) is 14.8 Å². The summed E-state index contributed by atoms with van der Waals surface area (Å²) < 4.78 is 40.2. The highest BCUT2D eigenvalue weighted by molar-refractivity contribution is 7.89. The van der Waals surface area contributed by atoms with Gasteiger partial charge in [0.05, 0.1) is 10.6 Å². The molecule has 1 aromatic heterocycles. The number of nitrogens with one attached hydrogen (secondary N) is 1. The summed E-state index contributed by atoms with van der Waals surface area (Å²) in [7, 11) is -3.62. The molecule has 0 saturated carbocycles. The number of carbonyl (C=O) groups is 1. The minimum atomic E-state index is -3.62. The number of sulfonamides is 1. The molecule has 0 radical (unpaired) electrons. The van der Waals surface area contributed by atoms with Crippen molar-refractivity contribution in [3.63, 3.8) is 0 Å². The fourth-order valence-electron chi connectivity index (χ4n) is 3.65. The summed E-state index contributed by atoms with van der Waals surface area (Å²) in [6.07, 6.45) is 0.849. The zero-order valence-corrected chi connectivity index (χ0v) is 19.6. The Morgan fingerprint density at radius 3 is 2.38 bits per heavy atom. The van der Waals surface area contributed by atoms with E-state index in [1.807, 2.05) is 6.92 Å². The molecule has 0 aliphatic carbocycles. The number of piperidine rings is 1. The zero-order valence-electron chi connectivity index (χ0n) is 17.2. The molecule has 1 N–H and O–H groups in total. The molecule has 4 rings (SSSR count). The molecule has 0 atom stereocenters. The van der Waals surface area contributed by atoms with Gasteiger partial charge in [0.15, 0.2) is 5.13 Å². The Hall–Kier alpha value is -2.33. The monoisotopic (exact) mass is 493 g/mol. The Balaban J connectivity index is 1.38. The Bertz CT molecular complexity index is 1220. The Morgan fingerprint density at radius 2 is 1.75 bits per heavy atom. The van der Waals surface area contributed by atoms with Crippen molar-refractivity contribution in [1.29, 1.82) is 0 Å². The van der Waals surface area contributed by atoms with E-state index in [0.717, 1.165) is 10.4 Å². The summed E-state index contributed by atoms with van der Waals surface area (Å²) >= 11 is 7.20. The van der Waals surface area contributed by atoms with Crippen LogP contribution in [0, 0.1) is 18.7 Å². The van der Waals surface area contributed by atoms with E-state index in [9.17, 15) is 17.6 Å². The molecule has 1 fully saturated rings. The lowest BCUT2D eigenvalue weighted by molar-refractivity contribution is -0.120. The first-order chi connectivity index (χ1) is 15.2. The van der Waals surface area contributed by atoms with Crippen molar-refractivity contribution in [3.8, 4) is 11.3 Å². The van der Waals surface area contributed by atoms with Gasteiger partial charge in [-0.25, -0.2) is 17.8 Å². The summed E-state index contributed by atoms with van der Waals surface area (Å²) in [6.45, 7) is 2.42. The van der Waals surface area contributed by atoms with Crippen molar-refractivity contribution in [3.05, 3.63) is 64.2 Å². The van der Waals surface area contributed by atoms with Gasteiger partial charge in [-0.1, -0.05) is 11.6 Å². The average Bonchev–Trinajstić information content (AvgIpc) is 3.14. The molecule has 0 spiro atoms. The number of amides is 1. The normalized spacial score (nSPS) is 15.6. The number of nitrogens with zero attached hydrogens (tertiary/aromatic N) is 2. The first kappa shape index (κ1) is 22.8. The molecule has 6 nitrogen and oxygen atoms in total. The molecule has 0 unspecified atom stereocenters. The lowest BCUT2D eigenvalue weighted by Gasteiger charge is -2.30.